The van der Waals surface area contributed by atoms with Gasteiger partial charge in [-0.15, -0.1) is 0 Å². The Morgan fingerprint density at radius 1 is 0.839 bits per heavy atom. The van der Waals surface area contributed by atoms with Gasteiger partial charge in [0, 0.05) is 6.42 Å². The van der Waals surface area contributed by atoms with Crippen LogP contribution in [0.2, 0.25) is 0 Å². The molecule has 0 aliphatic carbocycles. The van der Waals surface area contributed by atoms with Gasteiger partial charge in [0.25, 0.3) is 0 Å². The van der Waals surface area contributed by atoms with Crippen molar-refractivity contribution in [3.63, 3.8) is 0 Å². The first kappa shape index (κ1) is 22.8. The number of rotatable bonds is 6. The van der Waals surface area contributed by atoms with E-state index < -0.39 is 51.4 Å². The van der Waals surface area contributed by atoms with Gasteiger partial charge in [0.15, 0.2) is 11.6 Å². The number of halogens is 7. The van der Waals surface area contributed by atoms with E-state index in [1.807, 2.05) is 0 Å². The second-order valence-electron chi connectivity index (χ2n) is 7.04. The highest BCUT2D eigenvalue weighted by Crippen LogP contribution is 2.51. The van der Waals surface area contributed by atoms with Crippen molar-refractivity contribution in [1.29, 1.82) is 0 Å². The summed E-state index contributed by atoms with van der Waals surface area (Å²) in [5, 5.41) is -1.05. The van der Waals surface area contributed by atoms with E-state index in [0.29, 0.717) is 18.6 Å². The van der Waals surface area contributed by atoms with Crippen molar-refractivity contribution in [2.45, 2.75) is 45.0 Å². The molecule has 0 spiro atoms. The van der Waals surface area contributed by atoms with Crippen LogP contribution in [0, 0.1) is 17.5 Å². The molecule has 31 heavy (non-hydrogen) atoms. The van der Waals surface area contributed by atoms with Crippen molar-refractivity contribution >= 4 is 10.8 Å². The lowest BCUT2D eigenvalue weighted by molar-refractivity contribution is -0.226. The molecule has 0 atom stereocenters. The molecule has 0 saturated carbocycles. The normalized spacial score (nSPS) is 12.5. The molecular weight excluding hydrogens is 429 g/mol. The number of aryl methyl sites for hydroxylation is 2. The van der Waals surface area contributed by atoms with Gasteiger partial charge in [-0.1, -0.05) is 32.4 Å². The number of fused-ring (bicyclic) bond motifs is 1. The van der Waals surface area contributed by atoms with E-state index in [-0.39, 0.29) is 29.6 Å². The van der Waals surface area contributed by atoms with Crippen LogP contribution in [0.4, 0.5) is 30.7 Å². The fraction of sp³-hybridized carbons (Fsp3) is 0.318. The smallest absolute Gasteiger partial charge is 0.346 e. The highest BCUT2D eigenvalue weighted by atomic mass is 19.3. The van der Waals surface area contributed by atoms with Gasteiger partial charge in [0.05, 0.1) is 11.1 Å². The van der Waals surface area contributed by atoms with Crippen molar-refractivity contribution < 1.29 is 35.2 Å². The molecule has 3 rings (SSSR count). The van der Waals surface area contributed by atoms with Gasteiger partial charge in [-0.3, -0.25) is 0 Å². The van der Waals surface area contributed by atoms with Crippen LogP contribution >= 0.6 is 0 Å². The molecule has 0 saturated heterocycles. The summed E-state index contributed by atoms with van der Waals surface area (Å²) < 4.78 is 107. The molecule has 2 aromatic carbocycles. The minimum atomic E-state index is -5.32. The highest BCUT2D eigenvalue weighted by molar-refractivity contribution is 5.83. The summed E-state index contributed by atoms with van der Waals surface area (Å²) in [4.78, 5) is 12.0. The zero-order valence-electron chi connectivity index (χ0n) is 16.5. The van der Waals surface area contributed by atoms with E-state index in [0.717, 1.165) is 12.1 Å². The second kappa shape index (κ2) is 8.01. The number of hydrogen-bond acceptors (Lipinski definition) is 2. The van der Waals surface area contributed by atoms with Crippen molar-refractivity contribution in [2.75, 3.05) is 0 Å². The summed E-state index contributed by atoms with van der Waals surface area (Å²) >= 11 is 0. The summed E-state index contributed by atoms with van der Waals surface area (Å²) in [7, 11) is 0. The lowest BCUT2D eigenvalue weighted by Crippen LogP contribution is -2.37. The second-order valence-corrected chi connectivity index (χ2v) is 7.04. The van der Waals surface area contributed by atoms with E-state index in [9.17, 15) is 35.5 Å². The Morgan fingerprint density at radius 2 is 1.42 bits per heavy atom. The van der Waals surface area contributed by atoms with E-state index in [1.54, 1.807) is 13.8 Å². The summed E-state index contributed by atoms with van der Waals surface area (Å²) in [6.45, 7) is 3.26. The van der Waals surface area contributed by atoms with Crippen LogP contribution in [0.15, 0.2) is 39.5 Å². The zero-order valence-corrected chi connectivity index (χ0v) is 16.5. The number of alkyl halides is 4. The van der Waals surface area contributed by atoms with Gasteiger partial charge < -0.3 is 4.42 Å². The standard InChI is InChI=1S/C22H17F7O2/c1-3-5-11-6-8-15(19(25)17(11)23)22(28,29)21(26,27)14-9-7-12-10-13(4-2)31-20(30)16(12)18(14)24/h6-10H,3-5H2,1-2H3. The van der Waals surface area contributed by atoms with Gasteiger partial charge in [0.1, 0.15) is 17.0 Å². The Labute approximate surface area is 172 Å². The Bertz CT molecular complexity index is 1200. The number of benzene rings is 2. The maximum Gasteiger partial charge on any atom is 0.346 e. The van der Waals surface area contributed by atoms with Crippen LogP contribution in [0.1, 0.15) is 42.7 Å². The summed E-state index contributed by atoms with van der Waals surface area (Å²) in [5.41, 5.74) is -5.31. The lowest BCUT2D eigenvalue weighted by Gasteiger charge is -2.28. The molecule has 1 heterocycles. The minimum absolute atomic E-state index is 0.0137. The topological polar surface area (TPSA) is 30.2 Å². The molecule has 0 aliphatic heterocycles. The fourth-order valence-electron chi connectivity index (χ4n) is 3.34. The fourth-order valence-corrected chi connectivity index (χ4v) is 3.34. The van der Waals surface area contributed by atoms with Gasteiger partial charge in [-0.05, 0) is 35.6 Å². The van der Waals surface area contributed by atoms with Crippen LogP contribution in [0.5, 0.6) is 0 Å². The first-order valence-corrected chi connectivity index (χ1v) is 9.46. The third-order valence-electron chi connectivity index (χ3n) is 5.02. The SMILES string of the molecule is CCCc1ccc(C(F)(F)C(F)(F)c2ccc3cc(CC)oc(=O)c3c2F)c(F)c1F. The maximum atomic E-state index is 14.8. The molecule has 2 nitrogen and oxygen atoms in total. The van der Waals surface area contributed by atoms with E-state index in [4.69, 9.17) is 4.42 Å². The largest absolute Gasteiger partial charge is 0.427 e. The van der Waals surface area contributed by atoms with Crippen LogP contribution in [0.25, 0.3) is 10.8 Å². The van der Waals surface area contributed by atoms with Crippen molar-refractivity contribution in [3.8, 4) is 0 Å². The quantitative estimate of drug-likeness (QED) is 0.399. The van der Waals surface area contributed by atoms with Crippen molar-refractivity contribution in [1.82, 2.24) is 0 Å². The summed E-state index contributed by atoms with van der Waals surface area (Å²) in [6, 6.07) is 3.64. The summed E-state index contributed by atoms with van der Waals surface area (Å²) in [5.74, 6) is -16.2. The molecule has 3 aromatic rings. The highest BCUT2D eigenvalue weighted by Gasteiger charge is 2.61. The first-order chi connectivity index (χ1) is 14.5. The molecular formula is C22H17F7O2. The van der Waals surface area contributed by atoms with Crippen molar-refractivity contribution in [2.24, 2.45) is 0 Å². The zero-order chi connectivity index (χ0) is 23.1. The Hall–Kier alpha value is -2.84. The lowest BCUT2D eigenvalue weighted by atomic mass is 9.92. The van der Waals surface area contributed by atoms with Gasteiger partial charge in [0.2, 0.25) is 0 Å². The Kier molecular flexibility index (Phi) is 5.90. The average Bonchev–Trinajstić information content (AvgIpc) is 2.70. The monoisotopic (exact) mass is 446 g/mol. The molecule has 9 heteroatoms. The predicted molar refractivity (Wildman–Crippen MR) is 100.0 cm³/mol. The molecule has 1 aromatic heterocycles. The third-order valence-corrected chi connectivity index (χ3v) is 5.02. The van der Waals surface area contributed by atoms with Crippen LogP contribution < -0.4 is 5.63 Å². The molecule has 0 unspecified atom stereocenters. The number of hydrogen-bond donors (Lipinski definition) is 0. The summed E-state index contributed by atoms with van der Waals surface area (Å²) in [6.07, 6.45) is 0.633. The molecule has 0 amide bonds. The molecule has 0 aliphatic rings. The average molecular weight is 446 g/mol. The van der Waals surface area contributed by atoms with E-state index >= 15 is 0 Å². The van der Waals surface area contributed by atoms with E-state index in [1.165, 1.54) is 6.07 Å². The molecule has 166 valence electrons. The van der Waals surface area contributed by atoms with Gasteiger partial charge >= 0.3 is 17.5 Å². The van der Waals surface area contributed by atoms with Gasteiger partial charge in [-0.2, -0.15) is 17.6 Å². The molecule has 0 N–H and O–H groups in total. The third kappa shape index (κ3) is 3.59. The molecule has 0 fully saturated rings. The maximum absolute atomic E-state index is 14.8. The molecule has 0 radical (unpaired) electrons. The Morgan fingerprint density at radius 3 is 2.00 bits per heavy atom. The minimum Gasteiger partial charge on any atom is -0.427 e. The van der Waals surface area contributed by atoms with Crippen molar-refractivity contribution in [3.05, 3.63) is 80.7 Å². The first-order valence-electron chi connectivity index (χ1n) is 9.46. The Balaban J connectivity index is 2.20. The van der Waals surface area contributed by atoms with Crippen LogP contribution in [-0.2, 0) is 24.7 Å². The van der Waals surface area contributed by atoms with Gasteiger partial charge in [-0.25, -0.2) is 18.0 Å². The van der Waals surface area contributed by atoms with E-state index in [2.05, 4.69) is 0 Å². The predicted octanol–water partition coefficient (Wildman–Crippen LogP) is 6.61. The molecule has 0 bridgehead atoms. The van der Waals surface area contributed by atoms with Crippen LogP contribution in [0.3, 0.4) is 0 Å². The van der Waals surface area contributed by atoms with Crippen LogP contribution in [-0.4, -0.2) is 0 Å².